The van der Waals surface area contributed by atoms with Gasteiger partial charge in [0.1, 0.15) is 12.4 Å². The number of benzene rings is 1. The normalized spacial score (nSPS) is 10.9. The molecule has 0 bridgehead atoms. The van der Waals surface area contributed by atoms with Crippen LogP contribution in [0.2, 0.25) is 0 Å². The predicted octanol–water partition coefficient (Wildman–Crippen LogP) is 1.41. The number of phenolic OH excluding ortho intramolecular Hbond substituents is 1. The molecule has 9 heteroatoms. The maximum absolute atomic E-state index is 10.2. The van der Waals surface area contributed by atoms with Gasteiger partial charge in [-0.3, -0.25) is 0 Å². The van der Waals surface area contributed by atoms with Crippen LogP contribution in [0.5, 0.6) is 11.6 Å². The minimum absolute atomic E-state index is 0.0707. The lowest BCUT2D eigenvalue weighted by Crippen LogP contribution is -2.19. The molecule has 0 saturated carbocycles. The Kier molecular flexibility index (Phi) is 5.32. The number of hydrogen-bond acceptors (Lipinski definition) is 9. The minimum atomic E-state index is 0.0707. The van der Waals surface area contributed by atoms with Gasteiger partial charge in [0.2, 0.25) is 17.8 Å². The zero-order valence-electron chi connectivity index (χ0n) is 15.1. The first kappa shape index (κ1) is 18.3. The van der Waals surface area contributed by atoms with Crippen LogP contribution >= 0.6 is 0 Å². The Balaban J connectivity index is 1.94. The Morgan fingerprint density at radius 3 is 2.52 bits per heavy atom. The summed E-state index contributed by atoms with van der Waals surface area (Å²) in [6, 6.07) is 8.42. The van der Waals surface area contributed by atoms with Crippen LogP contribution in [0.25, 0.3) is 22.5 Å². The molecule has 9 nitrogen and oxygen atoms in total. The largest absolute Gasteiger partial charge is 0.507 e. The highest BCUT2D eigenvalue weighted by atomic mass is 16.5. The lowest BCUT2D eigenvalue weighted by Gasteiger charge is -2.12. The van der Waals surface area contributed by atoms with Crippen LogP contribution in [0.3, 0.4) is 0 Å². The third-order valence-corrected chi connectivity index (χ3v) is 3.75. The monoisotopic (exact) mass is 367 g/mol. The SMILES string of the molecule is CN(C)CCOc1cc(-c2ccc(O)c(-c3ccnc(N)n3)c2)nc(N)n1. The third kappa shape index (κ3) is 4.59. The Hall–Kier alpha value is -3.46. The molecule has 0 aliphatic rings. The molecule has 0 aliphatic carbocycles. The van der Waals surface area contributed by atoms with Gasteiger partial charge in [-0.1, -0.05) is 0 Å². The van der Waals surface area contributed by atoms with Crippen molar-refractivity contribution in [1.29, 1.82) is 0 Å². The molecule has 0 saturated heterocycles. The highest BCUT2D eigenvalue weighted by Gasteiger charge is 2.12. The number of nitrogens with zero attached hydrogens (tertiary/aromatic N) is 5. The van der Waals surface area contributed by atoms with Crippen LogP contribution in [-0.2, 0) is 0 Å². The van der Waals surface area contributed by atoms with Gasteiger partial charge < -0.3 is 26.2 Å². The molecule has 3 rings (SSSR count). The summed E-state index contributed by atoms with van der Waals surface area (Å²) in [6.45, 7) is 1.22. The van der Waals surface area contributed by atoms with E-state index >= 15 is 0 Å². The number of anilines is 2. The molecular weight excluding hydrogens is 346 g/mol. The Morgan fingerprint density at radius 2 is 1.78 bits per heavy atom. The molecule has 2 heterocycles. The fourth-order valence-electron chi connectivity index (χ4n) is 2.42. The zero-order chi connectivity index (χ0) is 19.4. The first-order valence-electron chi connectivity index (χ1n) is 8.27. The number of rotatable bonds is 6. The maximum atomic E-state index is 10.2. The van der Waals surface area contributed by atoms with Crippen LogP contribution < -0.4 is 16.2 Å². The summed E-state index contributed by atoms with van der Waals surface area (Å²) in [5, 5.41) is 10.2. The van der Waals surface area contributed by atoms with Crippen LogP contribution in [0.1, 0.15) is 0 Å². The van der Waals surface area contributed by atoms with Crippen molar-refractivity contribution in [2.75, 3.05) is 38.7 Å². The average Bonchev–Trinajstić information content (AvgIpc) is 2.61. The number of aromatic nitrogens is 4. The first-order chi connectivity index (χ1) is 12.9. The molecule has 3 aromatic rings. The average molecular weight is 367 g/mol. The molecule has 1 aromatic carbocycles. The van der Waals surface area contributed by atoms with Crippen LogP contribution in [0.15, 0.2) is 36.5 Å². The summed E-state index contributed by atoms with van der Waals surface area (Å²) in [5.74, 6) is 0.690. The standard InChI is InChI=1S/C18H21N7O2/c1-25(2)7-8-27-16-10-14(23-18(20)24-16)11-3-4-15(26)12(9-11)13-5-6-21-17(19)22-13/h3-6,9-10,26H,7-8H2,1-2H3,(H2,19,21,22)(H2,20,23,24). The lowest BCUT2D eigenvalue weighted by atomic mass is 10.0. The van der Waals surface area contributed by atoms with Gasteiger partial charge in [0.15, 0.2) is 0 Å². The van der Waals surface area contributed by atoms with Gasteiger partial charge in [0.05, 0.1) is 11.4 Å². The predicted molar refractivity (Wildman–Crippen MR) is 103 cm³/mol. The highest BCUT2D eigenvalue weighted by Crippen LogP contribution is 2.33. The van der Waals surface area contributed by atoms with E-state index in [1.807, 2.05) is 19.0 Å². The Morgan fingerprint density at radius 1 is 1.00 bits per heavy atom. The Bertz CT molecular complexity index is 947. The van der Waals surface area contributed by atoms with Gasteiger partial charge in [0.25, 0.3) is 0 Å². The van der Waals surface area contributed by atoms with Gasteiger partial charge in [-0.2, -0.15) is 4.98 Å². The zero-order valence-corrected chi connectivity index (χ0v) is 15.1. The van der Waals surface area contributed by atoms with E-state index < -0.39 is 0 Å². The quantitative estimate of drug-likeness (QED) is 0.590. The van der Waals surface area contributed by atoms with Gasteiger partial charge in [-0.25, -0.2) is 15.0 Å². The number of nitrogens with two attached hydrogens (primary N) is 2. The molecule has 0 aliphatic heterocycles. The smallest absolute Gasteiger partial charge is 0.223 e. The lowest BCUT2D eigenvalue weighted by molar-refractivity contribution is 0.254. The van der Waals surface area contributed by atoms with Crippen molar-refractivity contribution in [1.82, 2.24) is 24.8 Å². The molecule has 0 spiro atoms. The Labute approximate surface area is 156 Å². The van der Waals surface area contributed by atoms with Gasteiger partial charge in [-0.05, 0) is 38.4 Å². The third-order valence-electron chi connectivity index (χ3n) is 3.75. The number of aromatic hydroxyl groups is 1. The van der Waals surface area contributed by atoms with Crippen molar-refractivity contribution in [3.8, 4) is 34.1 Å². The van der Waals surface area contributed by atoms with Gasteiger partial charge in [0, 0.05) is 29.9 Å². The van der Waals surface area contributed by atoms with E-state index in [9.17, 15) is 5.11 Å². The molecule has 0 atom stereocenters. The number of nitrogen functional groups attached to an aromatic ring is 2. The number of phenols is 1. The van der Waals surface area contributed by atoms with E-state index in [2.05, 4.69) is 19.9 Å². The molecule has 0 unspecified atom stereocenters. The number of hydrogen-bond donors (Lipinski definition) is 3. The van der Waals surface area contributed by atoms with Crippen molar-refractivity contribution in [2.45, 2.75) is 0 Å². The first-order valence-corrected chi connectivity index (χ1v) is 8.27. The van der Waals surface area contributed by atoms with Crippen LogP contribution in [-0.4, -0.2) is 57.2 Å². The molecule has 5 N–H and O–H groups in total. The molecule has 0 radical (unpaired) electrons. The second-order valence-corrected chi connectivity index (χ2v) is 6.13. The number of ether oxygens (including phenoxy) is 1. The fraction of sp³-hybridized carbons (Fsp3) is 0.222. The molecule has 0 fully saturated rings. The topological polar surface area (TPSA) is 136 Å². The summed E-state index contributed by atoms with van der Waals surface area (Å²) >= 11 is 0. The summed E-state index contributed by atoms with van der Waals surface area (Å²) < 4.78 is 5.65. The highest BCUT2D eigenvalue weighted by molar-refractivity contribution is 5.75. The van der Waals surface area contributed by atoms with Crippen molar-refractivity contribution < 1.29 is 9.84 Å². The van der Waals surface area contributed by atoms with E-state index in [0.717, 1.165) is 12.1 Å². The second kappa shape index (κ2) is 7.83. The molecule has 140 valence electrons. The van der Waals surface area contributed by atoms with Crippen molar-refractivity contribution >= 4 is 11.9 Å². The van der Waals surface area contributed by atoms with E-state index in [0.29, 0.717) is 29.4 Å². The van der Waals surface area contributed by atoms with Crippen molar-refractivity contribution in [3.63, 3.8) is 0 Å². The van der Waals surface area contributed by atoms with E-state index in [1.165, 1.54) is 6.20 Å². The number of likely N-dealkylation sites (N-methyl/N-ethyl adjacent to an activating group) is 1. The van der Waals surface area contributed by atoms with Gasteiger partial charge >= 0.3 is 0 Å². The van der Waals surface area contributed by atoms with E-state index in [-0.39, 0.29) is 17.6 Å². The molecule has 0 amide bonds. The maximum Gasteiger partial charge on any atom is 0.223 e. The summed E-state index contributed by atoms with van der Waals surface area (Å²) in [4.78, 5) is 18.4. The summed E-state index contributed by atoms with van der Waals surface area (Å²) in [5.41, 5.74) is 13.8. The molecule has 27 heavy (non-hydrogen) atoms. The fourth-order valence-corrected chi connectivity index (χ4v) is 2.42. The summed E-state index contributed by atoms with van der Waals surface area (Å²) in [7, 11) is 3.92. The van der Waals surface area contributed by atoms with Crippen molar-refractivity contribution in [2.24, 2.45) is 0 Å². The van der Waals surface area contributed by atoms with E-state index in [4.69, 9.17) is 16.2 Å². The van der Waals surface area contributed by atoms with E-state index in [1.54, 1.807) is 30.3 Å². The summed E-state index contributed by atoms with van der Waals surface area (Å²) in [6.07, 6.45) is 1.53. The molecular formula is C18H21N7O2. The van der Waals surface area contributed by atoms with Crippen LogP contribution in [0, 0.1) is 0 Å². The van der Waals surface area contributed by atoms with Crippen LogP contribution in [0.4, 0.5) is 11.9 Å². The van der Waals surface area contributed by atoms with Gasteiger partial charge in [-0.15, -0.1) is 0 Å². The van der Waals surface area contributed by atoms with Crippen molar-refractivity contribution in [3.05, 3.63) is 36.5 Å². The molecule has 2 aromatic heterocycles. The second-order valence-electron chi connectivity index (χ2n) is 6.13. The minimum Gasteiger partial charge on any atom is -0.507 e.